The number of thiazole rings is 1. The second-order valence-electron chi connectivity index (χ2n) is 3.58. The van der Waals surface area contributed by atoms with Crippen LogP contribution in [0.1, 0.15) is 12.6 Å². The van der Waals surface area contributed by atoms with Gasteiger partial charge < -0.3 is 5.32 Å². The van der Waals surface area contributed by atoms with Gasteiger partial charge in [0.25, 0.3) is 0 Å². The van der Waals surface area contributed by atoms with Gasteiger partial charge in [0.15, 0.2) is 0 Å². The number of rotatable bonds is 4. The Kier molecular flexibility index (Phi) is 3.81. The standard InChI is InChI=1S/C12H12F2N2S/c1-2-15-6-11-7-17-12(16-11)8-3-9(13)5-10(14)4-8/h3-5,7,15H,2,6H2,1H3. The molecule has 0 atom stereocenters. The van der Waals surface area contributed by atoms with Gasteiger partial charge in [-0.2, -0.15) is 0 Å². The molecule has 90 valence electrons. The third-order valence-electron chi connectivity index (χ3n) is 2.22. The normalized spacial score (nSPS) is 10.8. The highest BCUT2D eigenvalue weighted by atomic mass is 32.1. The van der Waals surface area contributed by atoms with Crippen molar-refractivity contribution < 1.29 is 8.78 Å². The van der Waals surface area contributed by atoms with Gasteiger partial charge in [-0.3, -0.25) is 0 Å². The van der Waals surface area contributed by atoms with Crippen LogP contribution in [0, 0.1) is 11.6 Å². The molecule has 0 saturated carbocycles. The van der Waals surface area contributed by atoms with Crippen LogP contribution in [-0.2, 0) is 6.54 Å². The molecule has 2 nitrogen and oxygen atoms in total. The molecule has 0 unspecified atom stereocenters. The topological polar surface area (TPSA) is 24.9 Å². The molecule has 2 aromatic rings. The minimum atomic E-state index is -0.580. The Balaban J connectivity index is 2.24. The van der Waals surface area contributed by atoms with Crippen LogP contribution < -0.4 is 5.32 Å². The van der Waals surface area contributed by atoms with Gasteiger partial charge in [0.05, 0.1) is 5.69 Å². The van der Waals surface area contributed by atoms with Crippen molar-refractivity contribution in [2.45, 2.75) is 13.5 Å². The zero-order valence-electron chi connectivity index (χ0n) is 9.34. The van der Waals surface area contributed by atoms with Crippen LogP contribution in [0.3, 0.4) is 0 Å². The largest absolute Gasteiger partial charge is 0.311 e. The Bertz CT molecular complexity index is 491. The minimum absolute atomic E-state index is 0.482. The van der Waals surface area contributed by atoms with E-state index in [9.17, 15) is 8.78 Å². The predicted molar refractivity (Wildman–Crippen MR) is 64.8 cm³/mol. The van der Waals surface area contributed by atoms with Crippen LogP contribution in [0.25, 0.3) is 10.6 Å². The molecule has 1 aromatic heterocycles. The SMILES string of the molecule is CCNCc1csc(-c2cc(F)cc(F)c2)n1. The number of hydrogen-bond donors (Lipinski definition) is 1. The average Bonchev–Trinajstić information content (AvgIpc) is 2.73. The van der Waals surface area contributed by atoms with Gasteiger partial charge in [-0.25, -0.2) is 13.8 Å². The summed E-state index contributed by atoms with van der Waals surface area (Å²) in [6.45, 7) is 3.54. The number of nitrogens with zero attached hydrogens (tertiary/aromatic N) is 1. The van der Waals surface area contributed by atoms with Crippen molar-refractivity contribution in [2.24, 2.45) is 0 Å². The van der Waals surface area contributed by atoms with E-state index in [0.717, 1.165) is 18.3 Å². The second kappa shape index (κ2) is 5.33. The third kappa shape index (κ3) is 3.08. The van der Waals surface area contributed by atoms with Gasteiger partial charge in [-0.15, -0.1) is 11.3 Å². The Morgan fingerprint density at radius 2 is 1.94 bits per heavy atom. The summed E-state index contributed by atoms with van der Waals surface area (Å²) in [6.07, 6.45) is 0. The van der Waals surface area contributed by atoms with Gasteiger partial charge in [0.1, 0.15) is 16.6 Å². The summed E-state index contributed by atoms with van der Waals surface area (Å²) in [5.74, 6) is -1.16. The van der Waals surface area contributed by atoms with Crippen molar-refractivity contribution >= 4 is 11.3 Å². The van der Waals surface area contributed by atoms with Crippen molar-refractivity contribution in [1.29, 1.82) is 0 Å². The summed E-state index contributed by atoms with van der Waals surface area (Å²) < 4.78 is 26.1. The third-order valence-corrected chi connectivity index (χ3v) is 3.16. The summed E-state index contributed by atoms with van der Waals surface area (Å²) in [7, 11) is 0. The fourth-order valence-electron chi connectivity index (χ4n) is 1.45. The molecule has 2 rings (SSSR count). The summed E-state index contributed by atoms with van der Waals surface area (Å²) in [5, 5.41) is 5.67. The van der Waals surface area contributed by atoms with E-state index in [0.29, 0.717) is 17.1 Å². The molecule has 0 amide bonds. The number of halogens is 2. The highest BCUT2D eigenvalue weighted by molar-refractivity contribution is 7.13. The molecule has 0 radical (unpaired) electrons. The summed E-state index contributed by atoms with van der Waals surface area (Å²) in [5.41, 5.74) is 1.37. The van der Waals surface area contributed by atoms with Gasteiger partial charge in [0.2, 0.25) is 0 Å². The zero-order chi connectivity index (χ0) is 12.3. The lowest BCUT2D eigenvalue weighted by Gasteiger charge is -1.98. The van der Waals surface area contributed by atoms with E-state index in [2.05, 4.69) is 10.3 Å². The highest BCUT2D eigenvalue weighted by Crippen LogP contribution is 2.25. The Labute approximate surface area is 102 Å². The van der Waals surface area contributed by atoms with E-state index in [-0.39, 0.29) is 0 Å². The molecule has 1 aromatic carbocycles. The molecule has 1 heterocycles. The maximum Gasteiger partial charge on any atom is 0.126 e. The Morgan fingerprint density at radius 3 is 2.59 bits per heavy atom. The molecule has 17 heavy (non-hydrogen) atoms. The molecule has 0 bridgehead atoms. The van der Waals surface area contributed by atoms with E-state index < -0.39 is 11.6 Å². The molecular formula is C12H12F2N2S. The maximum atomic E-state index is 13.0. The van der Waals surface area contributed by atoms with Crippen LogP contribution in [0.15, 0.2) is 23.6 Å². The molecule has 0 saturated heterocycles. The van der Waals surface area contributed by atoms with Gasteiger partial charge in [0, 0.05) is 23.6 Å². The summed E-state index contributed by atoms with van der Waals surface area (Å²) in [6, 6.07) is 3.44. The molecule has 0 aliphatic rings. The maximum absolute atomic E-state index is 13.0. The van der Waals surface area contributed by atoms with Crippen LogP contribution in [0.5, 0.6) is 0 Å². The van der Waals surface area contributed by atoms with Crippen LogP contribution in [-0.4, -0.2) is 11.5 Å². The Hall–Kier alpha value is -1.33. The predicted octanol–water partition coefficient (Wildman–Crippen LogP) is 3.20. The fraction of sp³-hybridized carbons (Fsp3) is 0.250. The smallest absolute Gasteiger partial charge is 0.126 e. The molecule has 0 aliphatic carbocycles. The first-order chi connectivity index (χ1) is 8.19. The van der Waals surface area contributed by atoms with E-state index in [1.807, 2.05) is 12.3 Å². The summed E-state index contributed by atoms with van der Waals surface area (Å²) >= 11 is 1.39. The van der Waals surface area contributed by atoms with Crippen molar-refractivity contribution in [3.8, 4) is 10.6 Å². The van der Waals surface area contributed by atoms with E-state index in [1.54, 1.807) is 0 Å². The molecule has 5 heteroatoms. The lowest BCUT2D eigenvalue weighted by molar-refractivity contribution is 0.584. The Morgan fingerprint density at radius 1 is 1.24 bits per heavy atom. The van der Waals surface area contributed by atoms with Crippen LogP contribution in [0.2, 0.25) is 0 Å². The molecule has 0 spiro atoms. The van der Waals surface area contributed by atoms with Crippen molar-refractivity contribution in [3.63, 3.8) is 0 Å². The number of hydrogen-bond acceptors (Lipinski definition) is 3. The van der Waals surface area contributed by atoms with Crippen molar-refractivity contribution in [1.82, 2.24) is 10.3 Å². The van der Waals surface area contributed by atoms with E-state index in [4.69, 9.17) is 0 Å². The summed E-state index contributed by atoms with van der Waals surface area (Å²) in [4.78, 5) is 4.32. The second-order valence-corrected chi connectivity index (χ2v) is 4.44. The minimum Gasteiger partial charge on any atom is -0.311 e. The van der Waals surface area contributed by atoms with E-state index >= 15 is 0 Å². The van der Waals surface area contributed by atoms with Crippen molar-refractivity contribution in [3.05, 3.63) is 40.9 Å². The lowest BCUT2D eigenvalue weighted by atomic mass is 10.2. The van der Waals surface area contributed by atoms with Crippen molar-refractivity contribution in [2.75, 3.05) is 6.54 Å². The quantitative estimate of drug-likeness (QED) is 0.906. The lowest BCUT2D eigenvalue weighted by Crippen LogP contribution is -2.11. The fourth-order valence-corrected chi connectivity index (χ4v) is 2.26. The number of aromatic nitrogens is 1. The zero-order valence-corrected chi connectivity index (χ0v) is 10.2. The molecule has 0 fully saturated rings. The van der Waals surface area contributed by atoms with Gasteiger partial charge in [-0.1, -0.05) is 6.92 Å². The average molecular weight is 254 g/mol. The van der Waals surface area contributed by atoms with Gasteiger partial charge >= 0.3 is 0 Å². The number of nitrogens with one attached hydrogen (secondary N) is 1. The van der Waals surface area contributed by atoms with E-state index in [1.165, 1.54) is 23.5 Å². The monoisotopic (exact) mass is 254 g/mol. The first-order valence-corrected chi connectivity index (χ1v) is 6.18. The highest BCUT2D eigenvalue weighted by Gasteiger charge is 2.07. The first-order valence-electron chi connectivity index (χ1n) is 5.30. The molecule has 1 N–H and O–H groups in total. The van der Waals surface area contributed by atoms with Crippen LogP contribution >= 0.6 is 11.3 Å². The number of benzene rings is 1. The molecular weight excluding hydrogens is 242 g/mol. The molecule has 0 aliphatic heterocycles. The first kappa shape index (κ1) is 12.1. The van der Waals surface area contributed by atoms with Gasteiger partial charge in [-0.05, 0) is 18.7 Å². The van der Waals surface area contributed by atoms with Crippen LogP contribution in [0.4, 0.5) is 8.78 Å².